The smallest absolute Gasteiger partial charge is 0.234 e. The van der Waals surface area contributed by atoms with E-state index in [4.69, 9.17) is 14.5 Å². The van der Waals surface area contributed by atoms with Crippen LogP contribution < -0.4 is 58.5 Å². The van der Waals surface area contributed by atoms with Crippen molar-refractivity contribution < 1.29 is 48.8 Å². The summed E-state index contributed by atoms with van der Waals surface area (Å²) >= 11 is 0. The number of fused-ring (bicyclic) bond motifs is 6. The molecule has 0 spiro atoms. The summed E-state index contributed by atoms with van der Waals surface area (Å²) in [6, 6.07) is 70.5. The summed E-state index contributed by atoms with van der Waals surface area (Å²) in [5, 5.41) is 3.69. The van der Waals surface area contributed by atoms with Gasteiger partial charge in [0.1, 0.15) is 12.4 Å². The summed E-state index contributed by atoms with van der Waals surface area (Å²) in [4.78, 5) is 32.9. The molecule has 7 aromatic carbocycles. The molecule has 1 atom stereocenters. The maximum Gasteiger partial charge on any atom is 0.234 e. The van der Waals surface area contributed by atoms with Crippen LogP contribution in [0.5, 0.6) is 17.2 Å². The van der Waals surface area contributed by atoms with Gasteiger partial charge in [0.05, 0.1) is 29.5 Å². The molecule has 1 unspecified atom stereocenters. The molecule has 8 aliphatic rings. The van der Waals surface area contributed by atoms with E-state index in [0.29, 0.717) is 5.92 Å². The van der Waals surface area contributed by atoms with Gasteiger partial charge in [-0.25, -0.2) is 22.0 Å². The fourth-order valence-corrected chi connectivity index (χ4v) is 14.5. The first-order valence-corrected chi connectivity index (χ1v) is 31.9. The van der Waals surface area contributed by atoms with Gasteiger partial charge >= 0.3 is 0 Å². The zero-order chi connectivity index (χ0) is 58.8. The molecule has 10 aromatic rings. The Morgan fingerprint density at radius 3 is 1.61 bits per heavy atom. The summed E-state index contributed by atoms with van der Waals surface area (Å²) in [5.74, 6) is 4.70. The van der Waals surface area contributed by atoms with E-state index in [9.17, 15) is 0 Å². The first-order chi connectivity index (χ1) is 44.1. The minimum absolute atomic E-state index is 0. The average Bonchev–Trinajstić information content (AvgIpc) is 1.55. The van der Waals surface area contributed by atoms with Crippen molar-refractivity contribution in [3.63, 3.8) is 0 Å². The van der Waals surface area contributed by atoms with E-state index < -0.39 is 0 Å². The van der Waals surface area contributed by atoms with Gasteiger partial charge in [-0.1, -0.05) is 164 Å². The van der Waals surface area contributed by atoms with E-state index in [1.807, 2.05) is 20.4 Å². The van der Waals surface area contributed by atoms with E-state index in [2.05, 4.69) is 250 Å². The summed E-state index contributed by atoms with van der Waals surface area (Å²) < 4.78 is 5.68. The van der Waals surface area contributed by atoms with Gasteiger partial charge in [0, 0.05) is 42.5 Å². The molecular formula is C77H68IrN9O3-3. The van der Waals surface area contributed by atoms with Crippen molar-refractivity contribution in [2.45, 2.75) is 83.5 Å². The van der Waals surface area contributed by atoms with Crippen LogP contribution in [0.25, 0.3) is 33.4 Å². The number of aryl methyl sites for hydroxylation is 6. The van der Waals surface area contributed by atoms with Gasteiger partial charge in [-0.15, -0.1) is 17.7 Å². The van der Waals surface area contributed by atoms with Crippen molar-refractivity contribution in [1.82, 2.24) is 0 Å². The van der Waals surface area contributed by atoms with Gasteiger partial charge in [0.15, 0.2) is 11.4 Å². The Morgan fingerprint density at radius 2 is 1.01 bits per heavy atom. The summed E-state index contributed by atoms with van der Waals surface area (Å²) in [6.45, 7) is 9.26. The first-order valence-electron chi connectivity index (χ1n) is 31.9. The van der Waals surface area contributed by atoms with Crippen molar-refractivity contribution in [1.29, 1.82) is 0 Å². The Balaban J connectivity index is 0.00000649. The predicted molar refractivity (Wildman–Crippen MR) is 347 cm³/mol. The molecule has 1 N–H and O–H groups in total. The SMILES string of the molecule is [Ir].[c-]1cc2c[n+](c1)Oc1c(-c3ccccc3)ccc3c1N[CH-]N3CCCc1cc3ccc1CCCN1[CH-]N4c5c1ccc(-c1ccccc1)c5O[n+]1ccc([c-]c14)CCC(CCC2)CCc1[c-]c2[n+](cc1)Oc1c(-c4ccccc4)ccc4c1N2[CH-]N4CCC3. The van der Waals surface area contributed by atoms with Crippen LogP contribution in [-0.4, -0.2) is 19.6 Å². The summed E-state index contributed by atoms with van der Waals surface area (Å²) in [6.07, 6.45) is 20.7. The Morgan fingerprint density at radius 1 is 0.478 bits per heavy atom. The van der Waals surface area contributed by atoms with Crippen LogP contribution in [0.3, 0.4) is 0 Å². The second-order valence-electron chi connectivity index (χ2n) is 24.6. The predicted octanol–water partition coefficient (Wildman–Crippen LogP) is 14.3. The molecule has 0 aliphatic carbocycles. The second-order valence-corrected chi connectivity index (χ2v) is 24.6. The summed E-state index contributed by atoms with van der Waals surface area (Å²) in [5.41, 5.74) is 20.8. The largest absolute Gasteiger partial charge is 0.511 e. The van der Waals surface area contributed by atoms with Crippen LogP contribution >= 0.6 is 0 Å². The Hall–Kier alpha value is -9.16. The standard InChI is InChI=1S/C77H68N9O3.Ir/c1-4-19-60(20-5-1)64-33-36-67-72-75(64)87-82-44-12-18-58(50-82)16-10-15-54-27-29-56-39-45-85-70(48-56)83-52-80(68-37-34-65(76(88-85)73(68)83)61-21-6-2-7-22-61)42-11-17-55-31-32-59(63(47-55)26-14-41-79(67)51-78-72)25-13-43-81-53-84-71-49-57(30-28-54)40-46-86(71)89-77-66(35-38-69(81)74(77)84)62-23-8-3-9-24-62;/h1-9,18-24,31-40,44-47,50-54,78H,10-11,13-17,25-30,41-43H2;/q-3;. The van der Waals surface area contributed by atoms with E-state index >= 15 is 0 Å². The molecule has 18 bridgehead atoms. The Labute approximate surface area is 541 Å². The Kier molecular flexibility index (Phi) is 15.0. The van der Waals surface area contributed by atoms with Crippen LogP contribution in [0.15, 0.2) is 189 Å². The molecular weight excluding hydrogens is 1290 g/mol. The number of pyridine rings is 3. The van der Waals surface area contributed by atoms with E-state index in [1.54, 1.807) is 0 Å². The van der Waals surface area contributed by atoms with Gasteiger partial charge in [-0.3, -0.25) is 9.68 Å². The van der Waals surface area contributed by atoms with Crippen molar-refractivity contribution in [2.24, 2.45) is 5.92 Å². The van der Waals surface area contributed by atoms with E-state index in [1.165, 1.54) is 33.4 Å². The van der Waals surface area contributed by atoms with Crippen molar-refractivity contribution in [3.8, 4) is 50.6 Å². The third-order valence-electron chi connectivity index (χ3n) is 19.0. The monoisotopic (exact) mass is 1360 g/mol. The molecule has 0 saturated carbocycles. The third kappa shape index (κ3) is 10.4. The van der Waals surface area contributed by atoms with Gasteiger partial charge < -0.3 is 29.8 Å². The van der Waals surface area contributed by atoms with E-state index in [-0.39, 0.29) is 20.1 Å². The maximum absolute atomic E-state index is 7.00. The number of benzene rings is 7. The molecule has 0 saturated heterocycles. The number of hydrogen-bond donors (Lipinski definition) is 1. The van der Waals surface area contributed by atoms with Crippen molar-refractivity contribution in [3.05, 3.63) is 260 Å². The molecule has 3 aromatic heterocycles. The molecule has 451 valence electrons. The van der Waals surface area contributed by atoms with E-state index in [0.717, 1.165) is 199 Å². The number of nitrogens with one attached hydrogen (secondary N) is 1. The minimum Gasteiger partial charge on any atom is -0.511 e. The van der Waals surface area contributed by atoms with Crippen LogP contribution in [0.2, 0.25) is 0 Å². The minimum atomic E-state index is 0. The molecule has 11 heterocycles. The topological polar surface area (TPSA) is 67.6 Å². The fraction of sp³-hybridized carbons (Fsp3) is 0.221. The van der Waals surface area contributed by atoms with Crippen LogP contribution in [0.1, 0.15) is 78.3 Å². The number of rotatable bonds is 3. The molecule has 1 radical (unpaired) electrons. The van der Waals surface area contributed by atoms with Crippen LogP contribution in [-0.2, 0) is 58.6 Å². The number of nitrogens with zero attached hydrogens (tertiary/aromatic N) is 8. The van der Waals surface area contributed by atoms with Crippen molar-refractivity contribution >= 4 is 45.8 Å². The maximum atomic E-state index is 7.00. The van der Waals surface area contributed by atoms with Gasteiger partial charge in [-0.05, 0) is 151 Å². The zero-order valence-corrected chi connectivity index (χ0v) is 52.6. The van der Waals surface area contributed by atoms with Crippen molar-refractivity contribution in [2.75, 3.05) is 49.5 Å². The molecule has 12 nitrogen and oxygen atoms in total. The third-order valence-corrected chi connectivity index (χ3v) is 19.0. The first kappa shape index (κ1) is 56.1. The fourth-order valence-electron chi connectivity index (χ4n) is 14.5. The van der Waals surface area contributed by atoms with Gasteiger partial charge in [0.25, 0.3) is 0 Å². The normalized spacial score (nSPS) is 17.2. The quantitative estimate of drug-likeness (QED) is 0.138. The second kappa shape index (κ2) is 24.0. The van der Waals surface area contributed by atoms with Gasteiger partial charge in [-0.2, -0.15) is 24.9 Å². The zero-order valence-electron chi connectivity index (χ0n) is 50.2. The number of anilines is 8. The molecule has 0 amide bonds. The summed E-state index contributed by atoms with van der Waals surface area (Å²) in [7, 11) is 0. The van der Waals surface area contributed by atoms with Gasteiger partial charge in [0.2, 0.25) is 28.9 Å². The molecule has 0 fully saturated rings. The number of aromatic nitrogens is 3. The van der Waals surface area contributed by atoms with Crippen LogP contribution in [0.4, 0.5) is 45.8 Å². The van der Waals surface area contributed by atoms with Crippen LogP contribution in [0, 0.1) is 44.1 Å². The Bertz CT molecular complexity index is 4340. The number of hydrogen-bond acceptors (Lipinski definition) is 9. The molecule has 18 rings (SSSR count). The molecule has 8 aliphatic heterocycles. The molecule has 13 heteroatoms. The average molecular weight is 1360 g/mol. The molecule has 90 heavy (non-hydrogen) atoms.